The molecule has 0 aliphatic carbocycles. The van der Waals surface area contributed by atoms with Crippen molar-refractivity contribution in [3.8, 4) is 0 Å². The number of alkyl halides is 3. The Morgan fingerprint density at radius 1 is 1.10 bits per heavy atom. The summed E-state index contributed by atoms with van der Waals surface area (Å²) in [6, 6.07) is 5.21. The maximum atomic E-state index is 12.5. The lowest BCUT2D eigenvalue weighted by atomic mass is 9.84. The Labute approximate surface area is 124 Å². The molecule has 2 atom stereocenters. The van der Waals surface area contributed by atoms with Gasteiger partial charge in [-0.25, -0.2) is 0 Å². The quantitative estimate of drug-likeness (QED) is 0.856. The molecule has 0 saturated heterocycles. The molecule has 0 aromatic heterocycles. The molecule has 2 nitrogen and oxygen atoms in total. The Hall–Kier alpha value is -1.07. The molecule has 1 aromatic carbocycles. The normalized spacial score (nSPS) is 15.8. The fourth-order valence-corrected chi connectivity index (χ4v) is 2.25. The zero-order valence-electron chi connectivity index (χ0n) is 13.0. The first-order valence-corrected chi connectivity index (χ1v) is 7.09. The molecule has 0 amide bonds. The van der Waals surface area contributed by atoms with Crippen LogP contribution >= 0.6 is 0 Å². The lowest BCUT2D eigenvalue weighted by Crippen LogP contribution is -2.42. The molecule has 0 radical (unpaired) electrons. The molecule has 0 fully saturated rings. The molecule has 1 aromatic rings. The molecule has 2 unspecified atom stereocenters. The van der Waals surface area contributed by atoms with Crippen LogP contribution in [0.3, 0.4) is 0 Å². The Bertz CT molecular complexity index is 434. The van der Waals surface area contributed by atoms with Crippen LogP contribution in [0.4, 0.5) is 13.2 Å². The molecular formula is C16H24F3NO. The van der Waals surface area contributed by atoms with Crippen molar-refractivity contribution < 1.29 is 18.3 Å². The van der Waals surface area contributed by atoms with Gasteiger partial charge < -0.3 is 10.4 Å². The van der Waals surface area contributed by atoms with E-state index in [0.29, 0.717) is 6.42 Å². The van der Waals surface area contributed by atoms with Gasteiger partial charge in [0.1, 0.15) is 0 Å². The van der Waals surface area contributed by atoms with E-state index >= 15 is 0 Å². The lowest BCUT2D eigenvalue weighted by molar-refractivity contribution is -0.137. The van der Waals surface area contributed by atoms with E-state index in [0.717, 1.165) is 17.7 Å². The van der Waals surface area contributed by atoms with Crippen molar-refractivity contribution in [1.82, 2.24) is 5.32 Å². The van der Waals surface area contributed by atoms with Crippen molar-refractivity contribution in [2.24, 2.45) is 5.41 Å². The van der Waals surface area contributed by atoms with Crippen LogP contribution < -0.4 is 5.32 Å². The van der Waals surface area contributed by atoms with Gasteiger partial charge in [-0.05, 0) is 36.5 Å². The summed E-state index contributed by atoms with van der Waals surface area (Å²) in [5.74, 6) is 0. The van der Waals surface area contributed by atoms with Crippen LogP contribution in [0.1, 0.15) is 51.3 Å². The summed E-state index contributed by atoms with van der Waals surface area (Å²) in [4.78, 5) is 0. The first-order valence-electron chi connectivity index (χ1n) is 7.09. The Morgan fingerprint density at radius 3 is 2.00 bits per heavy atom. The second-order valence-electron chi connectivity index (χ2n) is 6.44. The van der Waals surface area contributed by atoms with Gasteiger partial charge in [-0.2, -0.15) is 13.2 Å². The number of aliphatic hydroxyl groups is 1. The maximum absolute atomic E-state index is 12.5. The first-order chi connectivity index (χ1) is 9.55. The summed E-state index contributed by atoms with van der Waals surface area (Å²) >= 11 is 0. The second-order valence-corrected chi connectivity index (χ2v) is 6.44. The van der Waals surface area contributed by atoms with Crippen molar-refractivity contribution in [2.75, 3.05) is 6.61 Å². The van der Waals surface area contributed by atoms with Gasteiger partial charge in [0.05, 0.1) is 5.56 Å². The summed E-state index contributed by atoms with van der Waals surface area (Å²) in [5.41, 5.74) is 0.125. The van der Waals surface area contributed by atoms with Gasteiger partial charge in [-0.1, -0.05) is 32.9 Å². The van der Waals surface area contributed by atoms with Gasteiger partial charge in [-0.3, -0.25) is 0 Å². The van der Waals surface area contributed by atoms with Crippen LogP contribution in [0.15, 0.2) is 24.3 Å². The SMILES string of the molecule is CC(NC(CCO)C(C)(C)C)c1ccc(C(F)(F)F)cc1. The Kier molecular flexibility index (Phi) is 5.82. The topological polar surface area (TPSA) is 32.3 Å². The molecule has 5 heteroatoms. The minimum Gasteiger partial charge on any atom is -0.396 e. The van der Waals surface area contributed by atoms with Crippen LogP contribution in [0.2, 0.25) is 0 Å². The standard InChI is InChI=1S/C16H24F3NO/c1-11(20-14(9-10-21)15(2,3)4)12-5-7-13(8-6-12)16(17,18)19/h5-8,11,14,20-21H,9-10H2,1-4H3. The van der Waals surface area contributed by atoms with Crippen LogP contribution in [0, 0.1) is 5.41 Å². The van der Waals surface area contributed by atoms with Crippen molar-refractivity contribution in [3.05, 3.63) is 35.4 Å². The minimum atomic E-state index is -4.31. The van der Waals surface area contributed by atoms with Crippen LogP contribution in [0.5, 0.6) is 0 Å². The molecule has 1 rings (SSSR count). The lowest BCUT2D eigenvalue weighted by Gasteiger charge is -2.34. The minimum absolute atomic E-state index is 0.0388. The highest BCUT2D eigenvalue weighted by molar-refractivity contribution is 5.26. The van der Waals surface area contributed by atoms with E-state index in [1.54, 1.807) is 0 Å². The number of halogens is 3. The maximum Gasteiger partial charge on any atom is 0.416 e. The highest BCUT2D eigenvalue weighted by Crippen LogP contribution is 2.30. The van der Waals surface area contributed by atoms with Crippen molar-refractivity contribution >= 4 is 0 Å². The van der Waals surface area contributed by atoms with Gasteiger partial charge in [-0.15, -0.1) is 0 Å². The third-order valence-corrected chi connectivity index (χ3v) is 3.65. The van der Waals surface area contributed by atoms with Gasteiger partial charge >= 0.3 is 6.18 Å². The van der Waals surface area contributed by atoms with E-state index < -0.39 is 11.7 Å². The largest absolute Gasteiger partial charge is 0.416 e. The zero-order valence-corrected chi connectivity index (χ0v) is 13.0. The number of aliphatic hydroxyl groups excluding tert-OH is 1. The van der Waals surface area contributed by atoms with E-state index in [2.05, 4.69) is 26.1 Å². The van der Waals surface area contributed by atoms with E-state index in [1.807, 2.05) is 6.92 Å². The third kappa shape index (κ3) is 5.32. The number of hydrogen-bond acceptors (Lipinski definition) is 2. The molecule has 0 spiro atoms. The highest BCUT2D eigenvalue weighted by atomic mass is 19.4. The van der Waals surface area contributed by atoms with Crippen LogP contribution in [-0.2, 0) is 6.18 Å². The summed E-state index contributed by atoms with van der Waals surface area (Å²) in [6.07, 6.45) is -3.70. The molecule has 0 heterocycles. The summed E-state index contributed by atoms with van der Waals surface area (Å²) in [7, 11) is 0. The molecule has 21 heavy (non-hydrogen) atoms. The number of nitrogens with one attached hydrogen (secondary N) is 1. The summed E-state index contributed by atoms with van der Waals surface area (Å²) in [6.45, 7) is 8.20. The van der Waals surface area contributed by atoms with Gasteiger partial charge in [0, 0.05) is 18.7 Å². The van der Waals surface area contributed by atoms with E-state index in [1.165, 1.54) is 12.1 Å². The molecule has 0 aliphatic rings. The van der Waals surface area contributed by atoms with Crippen molar-refractivity contribution in [2.45, 2.75) is 52.4 Å². The molecular weight excluding hydrogens is 279 g/mol. The fraction of sp³-hybridized carbons (Fsp3) is 0.625. The molecule has 2 N–H and O–H groups in total. The predicted octanol–water partition coefficient (Wildman–Crippen LogP) is 4.15. The molecule has 120 valence electrons. The zero-order chi connectivity index (χ0) is 16.3. The van der Waals surface area contributed by atoms with E-state index in [-0.39, 0.29) is 24.1 Å². The van der Waals surface area contributed by atoms with E-state index in [9.17, 15) is 13.2 Å². The summed E-state index contributed by atoms with van der Waals surface area (Å²) in [5, 5.41) is 12.5. The molecule has 0 saturated carbocycles. The van der Waals surface area contributed by atoms with Crippen LogP contribution in [-0.4, -0.2) is 17.8 Å². The van der Waals surface area contributed by atoms with Gasteiger partial charge in [0.2, 0.25) is 0 Å². The highest BCUT2D eigenvalue weighted by Gasteiger charge is 2.30. The predicted molar refractivity (Wildman–Crippen MR) is 77.9 cm³/mol. The molecule has 0 bridgehead atoms. The number of hydrogen-bond donors (Lipinski definition) is 2. The third-order valence-electron chi connectivity index (χ3n) is 3.65. The Morgan fingerprint density at radius 2 is 1.62 bits per heavy atom. The first kappa shape index (κ1) is 18.0. The fourth-order valence-electron chi connectivity index (χ4n) is 2.25. The number of rotatable bonds is 5. The smallest absolute Gasteiger partial charge is 0.396 e. The molecule has 0 aliphatic heterocycles. The van der Waals surface area contributed by atoms with Crippen molar-refractivity contribution in [1.29, 1.82) is 0 Å². The Balaban J connectivity index is 2.81. The second kappa shape index (κ2) is 6.79. The monoisotopic (exact) mass is 303 g/mol. The van der Waals surface area contributed by atoms with Gasteiger partial charge in [0.25, 0.3) is 0 Å². The average molecular weight is 303 g/mol. The van der Waals surface area contributed by atoms with Gasteiger partial charge in [0.15, 0.2) is 0 Å². The number of benzene rings is 1. The van der Waals surface area contributed by atoms with Crippen LogP contribution in [0.25, 0.3) is 0 Å². The average Bonchev–Trinajstić information content (AvgIpc) is 2.36. The van der Waals surface area contributed by atoms with E-state index in [4.69, 9.17) is 5.11 Å². The van der Waals surface area contributed by atoms with Crippen molar-refractivity contribution in [3.63, 3.8) is 0 Å². The summed E-state index contributed by atoms with van der Waals surface area (Å²) < 4.78 is 37.6.